The van der Waals surface area contributed by atoms with Crippen LogP contribution in [0.5, 0.6) is 34.5 Å². The van der Waals surface area contributed by atoms with E-state index in [-0.39, 0.29) is 89.8 Å². The molecule has 0 radical (unpaired) electrons. The Morgan fingerprint density at radius 1 is 0.520 bits per heavy atom. The second-order valence-electron chi connectivity index (χ2n) is 16.9. The average Bonchev–Trinajstić information content (AvgIpc) is 3.38. The molecule has 0 atom stereocenters. The Bertz CT molecular complexity index is 3060. The number of hydrogen-bond donors (Lipinski definition) is 2. The van der Waals surface area contributed by atoms with Gasteiger partial charge in [-0.15, -0.1) is 0 Å². The molecule has 4 N–H and O–H groups in total. The van der Waals surface area contributed by atoms with Crippen molar-refractivity contribution < 1.29 is 73.9 Å². The summed E-state index contributed by atoms with van der Waals surface area (Å²) in [7, 11) is 2.76. The van der Waals surface area contributed by atoms with Crippen LogP contribution in [0.2, 0.25) is 0 Å². The topological polar surface area (TPSA) is 176 Å². The molecule has 0 spiro atoms. The molecule has 0 aliphatic rings. The van der Waals surface area contributed by atoms with Crippen molar-refractivity contribution in [3.8, 4) is 45.6 Å². The zero-order valence-corrected chi connectivity index (χ0v) is 40.9. The van der Waals surface area contributed by atoms with Crippen LogP contribution in [0.25, 0.3) is 23.3 Å². The van der Waals surface area contributed by atoms with Crippen LogP contribution >= 0.6 is 0 Å². The Kier molecular flexibility index (Phi) is 18.9. The van der Waals surface area contributed by atoms with Gasteiger partial charge in [-0.05, 0) is 164 Å². The number of halogens is 6. The molecule has 6 aromatic rings. The Labute approximate surface area is 428 Å². The molecule has 0 aliphatic heterocycles. The maximum Gasteiger partial charge on any atom is 0.389 e. The van der Waals surface area contributed by atoms with Crippen molar-refractivity contribution in [3.63, 3.8) is 0 Å². The largest absolute Gasteiger partial charge is 0.494 e. The number of nitrogens with two attached hydrogens (primary N) is 2. The van der Waals surface area contributed by atoms with Crippen LogP contribution in [-0.2, 0) is 0 Å². The number of rotatable bonds is 23. The van der Waals surface area contributed by atoms with Gasteiger partial charge >= 0.3 is 24.3 Å². The molecule has 6 aromatic carbocycles. The summed E-state index contributed by atoms with van der Waals surface area (Å²) in [5, 5.41) is 0. The highest BCUT2D eigenvalue weighted by Crippen LogP contribution is 2.36. The van der Waals surface area contributed by atoms with Gasteiger partial charge in [0, 0.05) is 35.3 Å². The van der Waals surface area contributed by atoms with Gasteiger partial charge in [0.1, 0.15) is 11.5 Å². The van der Waals surface area contributed by atoms with E-state index in [0.29, 0.717) is 45.0 Å². The van der Waals surface area contributed by atoms with E-state index < -0.39 is 48.7 Å². The van der Waals surface area contributed by atoms with Crippen LogP contribution in [0.4, 0.5) is 37.7 Å². The van der Waals surface area contributed by atoms with Crippen LogP contribution < -0.4 is 39.9 Å². The third kappa shape index (κ3) is 16.2. The van der Waals surface area contributed by atoms with Crippen LogP contribution in [0.15, 0.2) is 127 Å². The standard InChI is InChI=1S/C57H52F6N2O10/c1-35-46(65)23-22-44(53(35)48(67)25-9-37-11-27-50(52(33-37)71-3)75-55(69)39-14-19-42(20-15-39)73-31-7-5-29-57(61,62)63)43-21-16-40(64)34-45(43)47(66)24-8-36-10-26-49(51(32-36)70-2)74-54(68)38-12-17-41(18-13-38)72-30-6-4-28-56(58,59)60/h8-27,32-34H,4-7,28-31,64-65H2,1-3H3/b24-8+,25-9+. The minimum atomic E-state index is -4.22. The molecule has 0 saturated heterocycles. The summed E-state index contributed by atoms with van der Waals surface area (Å²) >= 11 is 0. The number of ketones is 2. The number of hydrogen-bond acceptors (Lipinski definition) is 12. The number of allylic oxidation sites excluding steroid dienone is 2. The zero-order valence-electron chi connectivity index (χ0n) is 40.9. The molecule has 0 saturated carbocycles. The van der Waals surface area contributed by atoms with E-state index in [1.165, 1.54) is 105 Å². The predicted molar refractivity (Wildman–Crippen MR) is 272 cm³/mol. The van der Waals surface area contributed by atoms with Crippen molar-refractivity contribution in [2.24, 2.45) is 0 Å². The molecular weight excluding hydrogens is 987 g/mol. The maximum absolute atomic E-state index is 14.1. The summed E-state index contributed by atoms with van der Waals surface area (Å²) in [4.78, 5) is 54.2. The summed E-state index contributed by atoms with van der Waals surface area (Å²) in [6, 6.07) is 29.2. The van der Waals surface area contributed by atoms with Gasteiger partial charge in [0.15, 0.2) is 34.6 Å². The Morgan fingerprint density at radius 3 is 1.43 bits per heavy atom. The summed E-state index contributed by atoms with van der Waals surface area (Å²) in [5.41, 5.74) is 16.2. The number of nitrogen functional groups attached to an aromatic ring is 2. The van der Waals surface area contributed by atoms with Crippen molar-refractivity contribution in [3.05, 3.63) is 166 Å². The second kappa shape index (κ2) is 25.4. The number of carbonyl (C=O) groups is 4. The maximum atomic E-state index is 14.1. The second-order valence-corrected chi connectivity index (χ2v) is 16.9. The molecular formula is C57H52F6N2O10. The van der Waals surface area contributed by atoms with Gasteiger partial charge in [-0.2, -0.15) is 26.3 Å². The van der Waals surface area contributed by atoms with Gasteiger partial charge in [-0.3, -0.25) is 9.59 Å². The quantitative estimate of drug-likeness (QED) is 0.0118. The van der Waals surface area contributed by atoms with Gasteiger partial charge in [-0.25, -0.2) is 9.59 Å². The van der Waals surface area contributed by atoms with E-state index in [1.54, 1.807) is 55.5 Å². The lowest BCUT2D eigenvalue weighted by Gasteiger charge is -2.16. The number of carbonyl (C=O) groups excluding carboxylic acids is 4. The van der Waals surface area contributed by atoms with Crippen LogP contribution in [0.3, 0.4) is 0 Å². The monoisotopic (exact) mass is 1040 g/mol. The molecule has 0 amide bonds. The van der Waals surface area contributed by atoms with Crippen molar-refractivity contribution in [1.82, 2.24) is 0 Å². The number of esters is 2. The first kappa shape index (κ1) is 55.8. The summed E-state index contributed by atoms with van der Waals surface area (Å²) in [6.45, 7) is 1.85. The Morgan fingerprint density at radius 2 is 0.973 bits per heavy atom. The lowest BCUT2D eigenvalue weighted by Crippen LogP contribution is -2.09. The first-order valence-corrected chi connectivity index (χ1v) is 23.4. The smallest absolute Gasteiger partial charge is 0.389 e. The molecule has 392 valence electrons. The summed E-state index contributed by atoms with van der Waals surface area (Å²) in [6.07, 6.45) is -4.20. The minimum absolute atomic E-state index is 0.0613. The molecule has 0 fully saturated rings. The highest BCUT2D eigenvalue weighted by molar-refractivity contribution is 6.16. The van der Waals surface area contributed by atoms with Crippen LogP contribution in [0, 0.1) is 6.92 Å². The van der Waals surface area contributed by atoms with Crippen molar-refractivity contribution in [2.75, 3.05) is 38.9 Å². The van der Waals surface area contributed by atoms with Gasteiger partial charge in [0.05, 0.1) is 38.6 Å². The number of anilines is 2. The predicted octanol–water partition coefficient (Wildman–Crippen LogP) is 13.3. The average molecular weight is 1040 g/mol. The summed E-state index contributed by atoms with van der Waals surface area (Å²) in [5.74, 6) is -1.02. The highest BCUT2D eigenvalue weighted by atomic mass is 19.4. The molecule has 12 nitrogen and oxygen atoms in total. The zero-order chi connectivity index (χ0) is 54.3. The molecule has 0 aliphatic carbocycles. The van der Waals surface area contributed by atoms with E-state index in [0.717, 1.165) is 0 Å². The Hall–Kier alpha value is -8.54. The first-order valence-electron chi connectivity index (χ1n) is 23.4. The molecule has 75 heavy (non-hydrogen) atoms. The van der Waals surface area contributed by atoms with E-state index in [2.05, 4.69) is 0 Å². The molecule has 0 heterocycles. The first-order chi connectivity index (χ1) is 35.7. The van der Waals surface area contributed by atoms with Gasteiger partial charge in [-0.1, -0.05) is 36.4 Å². The fraction of sp³-hybridized carbons (Fsp3) is 0.228. The number of unbranched alkanes of at least 4 members (excludes halogenated alkanes) is 2. The van der Waals surface area contributed by atoms with E-state index in [4.69, 9.17) is 39.9 Å². The number of ether oxygens (including phenoxy) is 6. The molecule has 6 rings (SSSR count). The lowest BCUT2D eigenvalue weighted by molar-refractivity contribution is -0.136. The fourth-order valence-electron chi connectivity index (χ4n) is 7.46. The number of methoxy groups -OCH3 is 2. The third-order valence-corrected chi connectivity index (χ3v) is 11.4. The highest BCUT2D eigenvalue weighted by Gasteiger charge is 2.27. The molecule has 0 unspecified atom stereocenters. The number of benzene rings is 6. The van der Waals surface area contributed by atoms with Gasteiger partial charge in [0.2, 0.25) is 0 Å². The SMILES string of the molecule is COc1cc(/C=C/C(=O)c2cc(N)ccc2-c2ccc(N)c(C)c2C(=O)/C=C/c2ccc(OC(=O)c3ccc(OCCCCC(F)(F)F)cc3)c(OC)c2)ccc1OC(=O)c1ccc(OCCCCC(F)(F)F)cc1. The summed E-state index contributed by atoms with van der Waals surface area (Å²) < 4.78 is 108. The van der Waals surface area contributed by atoms with Crippen molar-refractivity contribution in [2.45, 2.75) is 57.8 Å². The Balaban J connectivity index is 1.12. The molecule has 0 bridgehead atoms. The van der Waals surface area contributed by atoms with Gasteiger partial charge in [0.25, 0.3) is 0 Å². The third-order valence-electron chi connectivity index (χ3n) is 11.4. The van der Waals surface area contributed by atoms with Crippen molar-refractivity contribution in [1.29, 1.82) is 0 Å². The van der Waals surface area contributed by atoms with E-state index in [9.17, 15) is 45.5 Å². The fourth-order valence-corrected chi connectivity index (χ4v) is 7.46. The van der Waals surface area contributed by atoms with Crippen molar-refractivity contribution >= 4 is 47.0 Å². The minimum Gasteiger partial charge on any atom is -0.494 e. The van der Waals surface area contributed by atoms with E-state index in [1.807, 2.05) is 0 Å². The normalized spacial score (nSPS) is 11.6. The van der Waals surface area contributed by atoms with Gasteiger partial charge < -0.3 is 39.9 Å². The number of alkyl halides is 6. The van der Waals surface area contributed by atoms with Crippen LogP contribution in [0.1, 0.15) is 96.6 Å². The van der Waals surface area contributed by atoms with E-state index >= 15 is 0 Å². The lowest BCUT2D eigenvalue weighted by atomic mass is 9.88. The molecule has 0 aromatic heterocycles. The molecule has 18 heteroatoms. The van der Waals surface area contributed by atoms with Crippen LogP contribution in [-0.4, -0.2) is 63.3 Å².